The molecule has 0 saturated heterocycles. The van der Waals surface area contributed by atoms with Crippen LogP contribution in [-0.2, 0) is 6.54 Å². The Labute approximate surface area is 106 Å². The Hall–Kier alpha value is -2.13. The summed E-state index contributed by atoms with van der Waals surface area (Å²) >= 11 is 0. The minimum atomic E-state index is -0.489. The monoisotopic (exact) mass is 248 g/mol. The second-order valence-electron chi connectivity index (χ2n) is 4.23. The van der Waals surface area contributed by atoms with Gasteiger partial charge >= 0.3 is 0 Å². The molecule has 0 aliphatic heterocycles. The minimum Gasteiger partial charge on any atom is -0.393 e. The smallest absolute Gasteiger partial charge is 0.292 e. The lowest BCUT2D eigenvalue weighted by atomic mass is 10.1. The minimum absolute atomic E-state index is 0.0752. The topological polar surface area (TPSA) is 96.2 Å². The third kappa shape index (κ3) is 3.18. The second-order valence-corrected chi connectivity index (χ2v) is 4.23. The average Bonchev–Trinajstić information content (AvgIpc) is 2.31. The molecule has 0 bridgehead atoms. The van der Waals surface area contributed by atoms with Crippen LogP contribution in [0.3, 0.4) is 0 Å². The van der Waals surface area contributed by atoms with Crippen LogP contribution < -0.4 is 5.73 Å². The van der Waals surface area contributed by atoms with Crippen LogP contribution in [0.25, 0.3) is 0 Å². The van der Waals surface area contributed by atoms with Crippen molar-refractivity contribution in [1.82, 2.24) is 4.90 Å². The zero-order valence-corrected chi connectivity index (χ0v) is 10.5. The molecular formula is C12H16N4O2. The number of nitrogens with two attached hydrogens (primary N) is 1. The molecule has 0 spiro atoms. The molecule has 0 radical (unpaired) electrons. The van der Waals surface area contributed by atoms with Crippen molar-refractivity contribution in [3.8, 4) is 6.07 Å². The van der Waals surface area contributed by atoms with Gasteiger partial charge < -0.3 is 5.73 Å². The molecular weight excluding hydrogens is 232 g/mol. The van der Waals surface area contributed by atoms with Gasteiger partial charge in [-0.15, -0.1) is 0 Å². The number of nitrogens with zero attached hydrogens (tertiary/aromatic N) is 3. The molecule has 1 unspecified atom stereocenters. The molecule has 0 aliphatic rings. The summed E-state index contributed by atoms with van der Waals surface area (Å²) < 4.78 is 0. The van der Waals surface area contributed by atoms with Crippen molar-refractivity contribution in [3.05, 3.63) is 33.9 Å². The van der Waals surface area contributed by atoms with Crippen LogP contribution in [-0.4, -0.2) is 22.9 Å². The lowest BCUT2D eigenvalue weighted by molar-refractivity contribution is -0.384. The van der Waals surface area contributed by atoms with Crippen molar-refractivity contribution >= 4 is 11.4 Å². The van der Waals surface area contributed by atoms with Crippen LogP contribution in [0.4, 0.5) is 11.4 Å². The first-order valence-electron chi connectivity index (χ1n) is 5.56. The molecule has 1 atom stereocenters. The Balaban J connectivity index is 2.89. The maximum atomic E-state index is 10.8. The fourth-order valence-corrected chi connectivity index (χ4v) is 1.61. The van der Waals surface area contributed by atoms with Crippen LogP contribution in [0.1, 0.15) is 18.9 Å². The predicted molar refractivity (Wildman–Crippen MR) is 68.7 cm³/mol. The van der Waals surface area contributed by atoms with E-state index in [1.54, 1.807) is 12.1 Å². The number of nitro groups is 1. The third-order valence-electron chi connectivity index (χ3n) is 2.93. The molecule has 0 amide bonds. The molecule has 1 aromatic rings. The quantitative estimate of drug-likeness (QED) is 0.487. The highest BCUT2D eigenvalue weighted by atomic mass is 16.6. The van der Waals surface area contributed by atoms with Gasteiger partial charge in [-0.1, -0.05) is 12.1 Å². The molecule has 6 nitrogen and oxygen atoms in total. The van der Waals surface area contributed by atoms with Gasteiger partial charge in [0.15, 0.2) is 0 Å². The summed E-state index contributed by atoms with van der Waals surface area (Å²) in [6.07, 6.45) is 0.408. The van der Waals surface area contributed by atoms with E-state index in [2.05, 4.69) is 6.07 Å². The van der Waals surface area contributed by atoms with Crippen molar-refractivity contribution in [3.63, 3.8) is 0 Å². The summed E-state index contributed by atoms with van der Waals surface area (Å²) in [5, 5.41) is 19.4. The van der Waals surface area contributed by atoms with Crippen molar-refractivity contribution in [2.24, 2.45) is 0 Å². The summed E-state index contributed by atoms with van der Waals surface area (Å²) in [4.78, 5) is 12.2. The number of anilines is 1. The van der Waals surface area contributed by atoms with Crippen molar-refractivity contribution in [2.75, 3.05) is 12.8 Å². The zero-order chi connectivity index (χ0) is 13.7. The number of benzene rings is 1. The Morgan fingerprint density at radius 2 is 2.28 bits per heavy atom. The Morgan fingerprint density at radius 1 is 1.61 bits per heavy atom. The molecule has 0 fully saturated rings. The van der Waals surface area contributed by atoms with Gasteiger partial charge in [-0.25, -0.2) is 0 Å². The first-order valence-corrected chi connectivity index (χ1v) is 5.56. The van der Waals surface area contributed by atoms with E-state index in [9.17, 15) is 10.1 Å². The number of hydrogen-bond acceptors (Lipinski definition) is 5. The van der Waals surface area contributed by atoms with Crippen LogP contribution in [0.2, 0.25) is 0 Å². The van der Waals surface area contributed by atoms with Gasteiger partial charge in [0, 0.05) is 18.7 Å². The largest absolute Gasteiger partial charge is 0.393 e. The maximum Gasteiger partial charge on any atom is 0.292 e. The van der Waals surface area contributed by atoms with Crippen molar-refractivity contribution in [2.45, 2.75) is 25.9 Å². The van der Waals surface area contributed by atoms with E-state index in [0.29, 0.717) is 18.5 Å². The molecule has 96 valence electrons. The first-order chi connectivity index (χ1) is 8.47. The highest BCUT2D eigenvalue weighted by molar-refractivity contribution is 5.62. The molecule has 0 aliphatic carbocycles. The van der Waals surface area contributed by atoms with E-state index in [4.69, 9.17) is 11.0 Å². The summed E-state index contributed by atoms with van der Waals surface area (Å²) in [6.45, 7) is 2.41. The number of nitrogen functional groups attached to an aromatic ring is 1. The molecule has 18 heavy (non-hydrogen) atoms. The Kier molecular flexibility index (Phi) is 4.63. The summed E-state index contributed by atoms with van der Waals surface area (Å²) in [5.74, 6) is 0. The Morgan fingerprint density at radius 3 is 2.83 bits per heavy atom. The molecule has 6 heteroatoms. The van der Waals surface area contributed by atoms with E-state index in [1.807, 2.05) is 18.9 Å². The van der Waals surface area contributed by atoms with Crippen molar-refractivity contribution in [1.29, 1.82) is 5.26 Å². The zero-order valence-electron chi connectivity index (χ0n) is 10.5. The third-order valence-corrected chi connectivity index (χ3v) is 2.93. The fraction of sp³-hybridized carbons (Fsp3) is 0.417. The van der Waals surface area contributed by atoms with Crippen molar-refractivity contribution < 1.29 is 4.92 Å². The highest BCUT2D eigenvalue weighted by Gasteiger charge is 2.16. The lowest BCUT2D eigenvalue weighted by Crippen LogP contribution is -2.28. The highest BCUT2D eigenvalue weighted by Crippen LogP contribution is 2.26. The molecule has 0 aromatic heterocycles. The summed E-state index contributed by atoms with van der Waals surface area (Å²) in [6, 6.07) is 6.94. The van der Waals surface area contributed by atoms with Gasteiger partial charge in [-0.05, 0) is 19.5 Å². The van der Waals surface area contributed by atoms with E-state index < -0.39 is 4.92 Å². The molecule has 0 heterocycles. The molecule has 0 saturated carbocycles. The van der Waals surface area contributed by atoms with E-state index in [1.165, 1.54) is 6.07 Å². The Bertz CT molecular complexity index is 481. The predicted octanol–water partition coefficient (Wildman–Crippen LogP) is 1.91. The standard InChI is InChI=1S/C12H16N4O2/c1-9(6-7-13)15(2)8-10-4-3-5-11(12(10)14)16(17)18/h3-5,9H,6,8,14H2,1-2H3. The molecule has 2 N–H and O–H groups in total. The van der Waals surface area contributed by atoms with Gasteiger partial charge in [0.1, 0.15) is 5.69 Å². The van der Waals surface area contributed by atoms with Crippen LogP contribution in [0.15, 0.2) is 18.2 Å². The maximum absolute atomic E-state index is 10.8. The van der Waals surface area contributed by atoms with Gasteiger partial charge in [-0.2, -0.15) is 5.26 Å². The van der Waals surface area contributed by atoms with Gasteiger partial charge in [0.05, 0.1) is 17.4 Å². The van der Waals surface area contributed by atoms with Crippen LogP contribution in [0, 0.1) is 21.4 Å². The lowest BCUT2D eigenvalue weighted by Gasteiger charge is -2.23. The van der Waals surface area contributed by atoms with Gasteiger partial charge in [-0.3, -0.25) is 15.0 Å². The van der Waals surface area contributed by atoms with E-state index in [0.717, 1.165) is 0 Å². The molecule has 1 aromatic carbocycles. The van der Waals surface area contributed by atoms with Crippen LogP contribution >= 0.6 is 0 Å². The number of rotatable bonds is 5. The number of para-hydroxylation sites is 1. The SMILES string of the molecule is CC(CC#N)N(C)Cc1cccc([N+](=O)[O-])c1N. The average molecular weight is 248 g/mol. The summed E-state index contributed by atoms with van der Waals surface area (Å²) in [7, 11) is 1.86. The van der Waals surface area contributed by atoms with E-state index in [-0.39, 0.29) is 17.4 Å². The van der Waals surface area contributed by atoms with E-state index >= 15 is 0 Å². The number of nitro benzene ring substituents is 1. The number of hydrogen-bond donors (Lipinski definition) is 1. The first kappa shape index (κ1) is 13.9. The second kappa shape index (κ2) is 5.98. The normalized spacial score (nSPS) is 12.1. The van der Waals surface area contributed by atoms with Gasteiger partial charge in [0.2, 0.25) is 0 Å². The van der Waals surface area contributed by atoms with Gasteiger partial charge in [0.25, 0.3) is 5.69 Å². The number of nitriles is 1. The summed E-state index contributed by atoms with van der Waals surface area (Å²) in [5.41, 5.74) is 6.60. The van der Waals surface area contributed by atoms with Crippen LogP contribution in [0.5, 0.6) is 0 Å². The molecule has 1 rings (SSSR count). The fourth-order valence-electron chi connectivity index (χ4n) is 1.61.